The van der Waals surface area contributed by atoms with Gasteiger partial charge in [-0.15, -0.1) is 0 Å². The van der Waals surface area contributed by atoms with E-state index < -0.39 is 17.8 Å². The molecule has 2 heterocycles. The molecule has 0 fully saturated rings. The standard InChI is InChI=1S/C12H14F3N5/c1-2-20-11(18-7-19-20)5-9(16)10-4-3-8(6-17-10)12(13,14)15/h3-4,6-7,9H,2,5,16H2,1H3. The maximum atomic E-state index is 12.4. The van der Waals surface area contributed by atoms with Gasteiger partial charge in [-0.05, 0) is 19.1 Å². The molecule has 5 nitrogen and oxygen atoms in total. The highest BCUT2D eigenvalue weighted by atomic mass is 19.4. The molecular weight excluding hydrogens is 271 g/mol. The Morgan fingerprint density at radius 1 is 1.30 bits per heavy atom. The molecule has 0 amide bonds. The van der Waals surface area contributed by atoms with Crippen LogP contribution in [0.5, 0.6) is 0 Å². The lowest BCUT2D eigenvalue weighted by molar-refractivity contribution is -0.137. The van der Waals surface area contributed by atoms with Gasteiger partial charge in [0.05, 0.1) is 17.3 Å². The van der Waals surface area contributed by atoms with Crippen LogP contribution in [0.3, 0.4) is 0 Å². The van der Waals surface area contributed by atoms with E-state index in [0.717, 1.165) is 12.3 Å². The predicted octanol–water partition coefficient (Wildman–Crippen LogP) is 1.95. The van der Waals surface area contributed by atoms with E-state index in [-0.39, 0.29) is 0 Å². The fraction of sp³-hybridized carbons (Fsp3) is 0.417. The van der Waals surface area contributed by atoms with Crippen molar-refractivity contribution in [1.29, 1.82) is 0 Å². The Hall–Kier alpha value is -1.96. The van der Waals surface area contributed by atoms with Gasteiger partial charge in [0.25, 0.3) is 0 Å². The Morgan fingerprint density at radius 2 is 2.05 bits per heavy atom. The van der Waals surface area contributed by atoms with Gasteiger partial charge in [-0.1, -0.05) is 0 Å². The van der Waals surface area contributed by atoms with Crippen LogP contribution >= 0.6 is 0 Å². The zero-order chi connectivity index (χ0) is 14.8. The molecule has 108 valence electrons. The summed E-state index contributed by atoms with van der Waals surface area (Å²) >= 11 is 0. The number of aryl methyl sites for hydroxylation is 1. The van der Waals surface area contributed by atoms with Gasteiger partial charge in [-0.25, -0.2) is 4.98 Å². The summed E-state index contributed by atoms with van der Waals surface area (Å²) in [5.74, 6) is 0.682. The normalized spacial score (nSPS) is 13.4. The van der Waals surface area contributed by atoms with Crippen molar-refractivity contribution in [3.63, 3.8) is 0 Å². The molecule has 2 aromatic heterocycles. The van der Waals surface area contributed by atoms with Gasteiger partial charge >= 0.3 is 6.18 Å². The smallest absolute Gasteiger partial charge is 0.322 e. The lowest BCUT2D eigenvalue weighted by Crippen LogP contribution is -2.18. The maximum absolute atomic E-state index is 12.4. The molecule has 1 unspecified atom stereocenters. The van der Waals surface area contributed by atoms with Gasteiger partial charge in [0, 0.05) is 19.2 Å². The van der Waals surface area contributed by atoms with Gasteiger partial charge in [0.2, 0.25) is 0 Å². The molecular formula is C12H14F3N5. The number of nitrogens with two attached hydrogens (primary N) is 1. The molecule has 1 atom stereocenters. The number of halogens is 3. The molecule has 0 aliphatic carbocycles. The number of nitrogens with zero attached hydrogens (tertiary/aromatic N) is 4. The average molecular weight is 285 g/mol. The molecule has 0 bridgehead atoms. The molecule has 0 saturated carbocycles. The second-order valence-electron chi connectivity index (χ2n) is 4.27. The van der Waals surface area contributed by atoms with Crippen LogP contribution in [-0.4, -0.2) is 19.7 Å². The molecule has 0 spiro atoms. The topological polar surface area (TPSA) is 69.6 Å². The third-order valence-corrected chi connectivity index (χ3v) is 2.89. The molecule has 0 aliphatic heterocycles. The predicted molar refractivity (Wildman–Crippen MR) is 65.6 cm³/mol. The van der Waals surface area contributed by atoms with Gasteiger partial charge in [-0.2, -0.15) is 18.3 Å². The van der Waals surface area contributed by atoms with Gasteiger partial charge in [0.15, 0.2) is 0 Å². The van der Waals surface area contributed by atoms with Crippen molar-refractivity contribution in [1.82, 2.24) is 19.7 Å². The monoisotopic (exact) mass is 285 g/mol. The minimum absolute atomic E-state index is 0.367. The van der Waals surface area contributed by atoms with E-state index in [4.69, 9.17) is 5.73 Å². The minimum Gasteiger partial charge on any atom is -0.322 e. The van der Waals surface area contributed by atoms with Crippen molar-refractivity contribution in [2.45, 2.75) is 32.1 Å². The van der Waals surface area contributed by atoms with E-state index in [0.29, 0.717) is 24.5 Å². The second-order valence-corrected chi connectivity index (χ2v) is 4.27. The zero-order valence-corrected chi connectivity index (χ0v) is 10.8. The van der Waals surface area contributed by atoms with E-state index in [1.165, 1.54) is 12.4 Å². The largest absolute Gasteiger partial charge is 0.417 e. The molecule has 0 aliphatic rings. The summed E-state index contributed by atoms with van der Waals surface area (Å²) in [6.45, 7) is 2.57. The van der Waals surface area contributed by atoms with E-state index in [2.05, 4.69) is 15.1 Å². The van der Waals surface area contributed by atoms with Crippen LogP contribution in [0.15, 0.2) is 24.7 Å². The summed E-state index contributed by atoms with van der Waals surface area (Å²) in [5, 5.41) is 4.01. The summed E-state index contributed by atoms with van der Waals surface area (Å²) in [7, 11) is 0. The Bertz CT molecular complexity index is 561. The van der Waals surface area contributed by atoms with Crippen molar-refractivity contribution in [2.24, 2.45) is 5.73 Å². The van der Waals surface area contributed by atoms with Crippen molar-refractivity contribution in [3.8, 4) is 0 Å². The minimum atomic E-state index is -4.39. The number of hydrogen-bond acceptors (Lipinski definition) is 4. The van der Waals surface area contributed by atoms with Gasteiger partial charge in [0.1, 0.15) is 12.2 Å². The fourth-order valence-corrected chi connectivity index (χ4v) is 1.80. The molecule has 2 rings (SSSR count). The molecule has 20 heavy (non-hydrogen) atoms. The van der Waals surface area contributed by atoms with E-state index in [1.807, 2.05) is 6.92 Å². The van der Waals surface area contributed by atoms with Crippen molar-refractivity contribution in [3.05, 3.63) is 41.7 Å². The molecule has 2 N–H and O–H groups in total. The first-order valence-electron chi connectivity index (χ1n) is 6.07. The first-order chi connectivity index (χ1) is 9.41. The SMILES string of the molecule is CCn1ncnc1CC(N)c1ccc(C(F)(F)F)cn1. The maximum Gasteiger partial charge on any atom is 0.417 e. The summed E-state index contributed by atoms with van der Waals surface area (Å²) < 4.78 is 39.0. The number of rotatable bonds is 4. The summed E-state index contributed by atoms with van der Waals surface area (Å²) in [6, 6.07) is 1.75. The lowest BCUT2D eigenvalue weighted by atomic mass is 10.1. The van der Waals surface area contributed by atoms with Crippen LogP contribution in [0, 0.1) is 0 Å². The van der Waals surface area contributed by atoms with Crippen LogP contribution in [0.25, 0.3) is 0 Å². The Labute approximate surface area is 113 Å². The van der Waals surface area contributed by atoms with Crippen LogP contribution in [-0.2, 0) is 19.1 Å². The first-order valence-corrected chi connectivity index (χ1v) is 6.07. The fourth-order valence-electron chi connectivity index (χ4n) is 1.80. The highest BCUT2D eigenvalue weighted by Gasteiger charge is 2.30. The van der Waals surface area contributed by atoms with Crippen molar-refractivity contribution < 1.29 is 13.2 Å². The number of aromatic nitrogens is 4. The summed E-state index contributed by atoms with van der Waals surface area (Å²) in [4.78, 5) is 7.85. The number of pyridine rings is 1. The van der Waals surface area contributed by atoms with Crippen molar-refractivity contribution in [2.75, 3.05) is 0 Å². The van der Waals surface area contributed by atoms with Gasteiger partial charge in [-0.3, -0.25) is 9.67 Å². The highest BCUT2D eigenvalue weighted by Crippen LogP contribution is 2.28. The zero-order valence-electron chi connectivity index (χ0n) is 10.8. The van der Waals surface area contributed by atoms with Crippen molar-refractivity contribution >= 4 is 0 Å². The number of alkyl halides is 3. The third kappa shape index (κ3) is 3.13. The molecule has 0 radical (unpaired) electrons. The Kier molecular flexibility index (Phi) is 4.03. The summed E-state index contributed by atoms with van der Waals surface area (Å²) in [5.41, 5.74) is 5.55. The molecule has 0 aromatic carbocycles. The molecule has 8 heteroatoms. The van der Waals surface area contributed by atoms with Crippen LogP contribution in [0.2, 0.25) is 0 Å². The van der Waals surface area contributed by atoms with E-state index in [1.54, 1.807) is 4.68 Å². The molecule has 2 aromatic rings. The van der Waals surface area contributed by atoms with Crippen LogP contribution in [0.1, 0.15) is 30.0 Å². The third-order valence-electron chi connectivity index (χ3n) is 2.89. The first kappa shape index (κ1) is 14.4. The molecule has 0 saturated heterocycles. The van der Waals surface area contributed by atoms with E-state index >= 15 is 0 Å². The second kappa shape index (κ2) is 5.58. The Morgan fingerprint density at radius 3 is 2.60 bits per heavy atom. The summed E-state index contributed by atoms with van der Waals surface area (Å²) in [6.07, 6.45) is -1.81. The highest BCUT2D eigenvalue weighted by molar-refractivity contribution is 5.19. The number of hydrogen-bond donors (Lipinski definition) is 1. The van der Waals surface area contributed by atoms with E-state index in [9.17, 15) is 13.2 Å². The van der Waals surface area contributed by atoms with Crippen LogP contribution in [0.4, 0.5) is 13.2 Å². The van der Waals surface area contributed by atoms with Gasteiger partial charge < -0.3 is 5.73 Å². The lowest BCUT2D eigenvalue weighted by Gasteiger charge is -2.12. The quantitative estimate of drug-likeness (QED) is 0.932. The van der Waals surface area contributed by atoms with Crippen LogP contribution < -0.4 is 5.73 Å². The average Bonchev–Trinajstić information content (AvgIpc) is 2.85. The Balaban J connectivity index is 2.12.